The molecule has 1 amide bonds. The summed E-state index contributed by atoms with van der Waals surface area (Å²) in [4.78, 5) is 21.5. The van der Waals surface area contributed by atoms with E-state index in [0.29, 0.717) is 12.1 Å². The minimum Gasteiger partial charge on any atom is -0.393 e. The number of aliphatic hydroxyl groups excluding tert-OH is 2. The van der Waals surface area contributed by atoms with Crippen LogP contribution in [0, 0.1) is 5.92 Å². The number of hydrogen-bond donors (Lipinski definition) is 3. The van der Waals surface area contributed by atoms with Gasteiger partial charge in [-0.05, 0) is 24.5 Å². The molecule has 3 aliphatic rings. The molecule has 3 heterocycles. The van der Waals surface area contributed by atoms with E-state index >= 15 is 0 Å². The van der Waals surface area contributed by atoms with Crippen LogP contribution in [-0.2, 0) is 9.53 Å². The first-order valence-electron chi connectivity index (χ1n) is 11.7. The summed E-state index contributed by atoms with van der Waals surface area (Å²) >= 11 is 0. The zero-order valence-electron chi connectivity index (χ0n) is 18.4. The van der Waals surface area contributed by atoms with Crippen molar-refractivity contribution >= 4 is 17.8 Å². The van der Waals surface area contributed by atoms with Crippen molar-refractivity contribution in [2.24, 2.45) is 10.9 Å². The van der Waals surface area contributed by atoms with E-state index in [4.69, 9.17) is 4.74 Å². The standard InChI is InChI=1S/C26H29N3O4/c30-22-12-24(33-23-9-5-4-8-18(22)23)17-10-11-27-15-21(17)29-26(32)20-14-28-13-19(25(20)31)16-6-2-1-3-7-16/h1-3,6-7,10-11,13-15,18-19,22-25,30-31H,4-5,8-9,12H2,(H,29,32). The Kier molecular flexibility index (Phi) is 6.35. The number of aromatic nitrogens is 1. The van der Waals surface area contributed by atoms with E-state index in [9.17, 15) is 15.0 Å². The molecule has 7 nitrogen and oxygen atoms in total. The third-order valence-corrected chi connectivity index (χ3v) is 7.06. The van der Waals surface area contributed by atoms with E-state index in [1.807, 2.05) is 36.4 Å². The molecule has 1 aliphatic carbocycles. The number of carbonyl (C=O) groups excluding carboxylic acids is 1. The molecule has 33 heavy (non-hydrogen) atoms. The van der Waals surface area contributed by atoms with Gasteiger partial charge in [-0.15, -0.1) is 0 Å². The van der Waals surface area contributed by atoms with Gasteiger partial charge in [-0.2, -0.15) is 0 Å². The number of hydrogen-bond acceptors (Lipinski definition) is 6. The molecule has 3 N–H and O–H groups in total. The van der Waals surface area contributed by atoms with Crippen molar-refractivity contribution in [3.05, 3.63) is 71.7 Å². The molecule has 0 spiro atoms. The van der Waals surface area contributed by atoms with Crippen molar-refractivity contribution in [3.63, 3.8) is 0 Å². The van der Waals surface area contributed by atoms with Crippen LogP contribution < -0.4 is 5.32 Å². The highest BCUT2D eigenvalue weighted by molar-refractivity contribution is 6.06. The predicted octanol–water partition coefficient (Wildman–Crippen LogP) is 3.51. The van der Waals surface area contributed by atoms with Gasteiger partial charge in [0.05, 0.1) is 41.9 Å². The number of aliphatic imine (C=N–C) groups is 1. The van der Waals surface area contributed by atoms with E-state index in [1.54, 1.807) is 18.6 Å². The summed E-state index contributed by atoms with van der Waals surface area (Å²) in [6.07, 6.45) is 9.26. The number of rotatable bonds is 4. The second-order valence-electron chi connectivity index (χ2n) is 9.10. The number of benzene rings is 1. The number of ether oxygens (including phenoxy) is 1. The quantitative estimate of drug-likeness (QED) is 0.665. The van der Waals surface area contributed by atoms with Gasteiger partial charge in [-0.1, -0.05) is 43.2 Å². The maximum atomic E-state index is 13.2. The Balaban J connectivity index is 1.34. The molecular formula is C26H29N3O4. The van der Waals surface area contributed by atoms with Crippen LogP contribution in [0.4, 0.5) is 5.69 Å². The number of pyridine rings is 1. The van der Waals surface area contributed by atoms with Crippen molar-refractivity contribution in [1.82, 2.24) is 4.98 Å². The van der Waals surface area contributed by atoms with Gasteiger partial charge in [-0.25, -0.2) is 0 Å². The molecule has 1 saturated heterocycles. The molecule has 6 atom stereocenters. The second-order valence-corrected chi connectivity index (χ2v) is 9.10. The highest BCUT2D eigenvalue weighted by atomic mass is 16.5. The molecule has 0 bridgehead atoms. The molecule has 0 radical (unpaired) electrons. The number of fused-ring (bicyclic) bond motifs is 1. The lowest BCUT2D eigenvalue weighted by Crippen LogP contribution is -2.43. The van der Waals surface area contributed by atoms with E-state index in [1.165, 1.54) is 6.20 Å². The summed E-state index contributed by atoms with van der Waals surface area (Å²) in [7, 11) is 0. The topological polar surface area (TPSA) is 104 Å². The van der Waals surface area contributed by atoms with Gasteiger partial charge in [-0.3, -0.25) is 14.8 Å². The SMILES string of the molecule is O=C(Nc1cnccc1C1CC(O)C2CCCCC2O1)C1=CN=CC(c2ccccc2)C1O. The maximum absolute atomic E-state index is 13.2. The van der Waals surface area contributed by atoms with Crippen LogP contribution in [0.15, 0.2) is 65.6 Å². The lowest BCUT2D eigenvalue weighted by molar-refractivity contribution is -0.151. The number of anilines is 1. The van der Waals surface area contributed by atoms with E-state index in [-0.39, 0.29) is 23.7 Å². The van der Waals surface area contributed by atoms with Crippen LogP contribution in [0.5, 0.6) is 0 Å². The van der Waals surface area contributed by atoms with Gasteiger partial charge in [0, 0.05) is 42.4 Å². The molecule has 1 aromatic carbocycles. The predicted molar refractivity (Wildman–Crippen MR) is 125 cm³/mol. The lowest BCUT2D eigenvalue weighted by Gasteiger charge is -2.43. The molecule has 2 fully saturated rings. The second kappa shape index (κ2) is 9.55. The molecule has 5 rings (SSSR count). The molecule has 7 heteroatoms. The van der Waals surface area contributed by atoms with Crippen LogP contribution in [0.2, 0.25) is 0 Å². The van der Waals surface area contributed by atoms with E-state index < -0.39 is 24.0 Å². The van der Waals surface area contributed by atoms with Crippen molar-refractivity contribution in [2.45, 2.75) is 62.4 Å². The van der Waals surface area contributed by atoms with Crippen molar-refractivity contribution < 1.29 is 19.7 Å². The van der Waals surface area contributed by atoms with Gasteiger partial charge in [0.15, 0.2) is 0 Å². The van der Waals surface area contributed by atoms with Crippen LogP contribution in [0.1, 0.15) is 55.3 Å². The average molecular weight is 448 g/mol. The minimum atomic E-state index is -1.01. The first-order chi connectivity index (χ1) is 16.1. The summed E-state index contributed by atoms with van der Waals surface area (Å²) in [5.74, 6) is -0.642. The third kappa shape index (κ3) is 4.49. The zero-order valence-corrected chi connectivity index (χ0v) is 18.4. The average Bonchev–Trinajstić information content (AvgIpc) is 2.85. The van der Waals surface area contributed by atoms with E-state index in [0.717, 1.165) is 36.8 Å². The number of aliphatic hydroxyl groups is 2. The minimum absolute atomic E-state index is 0.0352. The Hall–Kier alpha value is -2.87. The first kappa shape index (κ1) is 21.9. The van der Waals surface area contributed by atoms with Crippen LogP contribution in [0.3, 0.4) is 0 Å². The van der Waals surface area contributed by atoms with Crippen LogP contribution in [-0.4, -0.2) is 45.6 Å². The molecule has 6 unspecified atom stereocenters. The molecule has 1 saturated carbocycles. The molecular weight excluding hydrogens is 418 g/mol. The smallest absolute Gasteiger partial charge is 0.255 e. The summed E-state index contributed by atoms with van der Waals surface area (Å²) in [5, 5.41) is 24.6. The monoisotopic (exact) mass is 447 g/mol. The van der Waals surface area contributed by atoms with Crippen molar-refractivity contribution in [1.29, 1.82) is 0 Å². The Labute approximate surface area is 193 Å². The Morgan fingerprint density at radius 1 is 1.09 bits per heavy atom. The van der Waals surface area contributed by atoms with Gasteiger partial charge >= 0.3 is 0 Å². The normalized spacial score (nSPS) is 31.4. The fraction of sp³-hybridized carbons (Fsp3) is 0.423. The maximum Gasteiger partial charge on any atom is 0.255 e. The molecule has 172 valence electrons. The van der Waals surface area contributed by atoms with Gasteiger partial charge in [0.1, 0.15) is 0 Å². The third-order valence-electron chi connectivity index (χ3n) is 7.06. The Morgan fingerprint density at radius 3 is 2.76 bits per heavy atom. The highest BCUT2D eigenvalue weighted by Crippen LogP contribution is 2.42. The van der Waals surface area contributed by atoms with Crippen LogP contribution in [0.25, 0.3) is 0 Å². The van der Waals surface area contributed by atoms with Gasteiger partial charge in [0.2, 0.25) is 0 Å². The van der Waals surface area contributed by atoms with Crippen molar-refractivity contribution in [3.8, 4) is 0 Å². The Bertz CT molecular complexity index is 1050. The van der Waals surface area contributed by atoms with Gasteiger partial charge in [0.25, 0.3) is 5.91 Å². The van der Waals surface area contributed by atoms with Gasteiger partial charge < -0.3 is 20.3 Å². The van der Waals surface area contributed by atoms with Crippen LogP contribution >= 0.6 is 0 Å². The number of amides is 1. The highest BCUT2D eigenvalue weighted by Gasteiger charge is 2.40. The van der Waals surface area contributed by atoms with Crippen molar-refractivity contribution in [2.75, 3.05) is 5.32 Å². The largest absolute Gasteiger partial charge is 0.393 e. The lowest BCUT2D eigenvalue weighted by atomic mass is 9.78. The molecule has 2 aliphatic heterocycles. The molecule has 1 aromatic heterocycles. The number of nitrogens with one attached hydrogen (secondary N) is 1. The molecule has 2 aromatic rings. The summed E-state index contributed by atoms with van der Waals surface area (Å²) in [5.41, 5.74) is 2.39. The summed E-state index contributed by atoms with van der Waals surface area (Å²) in [6, 6.07) is 11.3. The summed E-state index contributed by atoms with van der Waals surface area (Å²) < 4.78 is 6.38. The first-order valence-corrected chi connectivity index (χ1v) is 11.7. The fourth-order valence-electron chi connectivity index (χ4n) is 5.28. The number of nitrogens with zero attached hydrogens (tertiary/aromatic N) is 2. The Morgan fingerprint density at radius 2 is 1.91 bits per heavy atom. The summed E-state index contributed by atoms with van der Waals surface area (Å²) in [6.45, 7) is 0. The zero-order chi connectivity index (χ0) is 22.8. The fourth-order valence-corrected chi connectivity index (χ4v) is 5.28. The number of carbonyl (C=O) groups is 1. The van der Waals surface area contributed by atoms with E-state index in [2.05, 4.69) is 15.3 Å².